The van der Waals surface area contributed by atoms with E-state index in [1.807, 2.05) is 0 Å². The smallest absolute Gasteiger partial charge is 0.0611 e. The topological polar surface area (TPSA) is 46.2 Å². The highest BCUT2D eigenvalue weighted by atomic mass is 16.3. The van der Waals surface area contributed by atoms with Crippen molar-refractivity contribution in [2.75, 3.05) is 0 Å². The van der Waals surface area contributed by atoms with Crippen LogP contribution in [-0.4, -0.2) is 17.3 Å². The molecule has 2 nitrogen and oxygen atoms in total. The molecule has 3 N–H and O–H groups in total. The molecule has 0 bridgehead atoms. The maximum Gasteiger partial charge on any atom is 0.0611 e. The molecule has 2 aliphatic rings. The number of rotatable bonds is 2. The predicted octanol–water partition coefficient (Wildman–Crippen LogP) is 0.885. The normalized spacial score (nSPS) is 40.9. The van der Waals surface area contributed by atoms with Crippen LogP contribution in [0.2, 0.25) is 0 Å². The fourth-order valence-corrected chi connectivity index (χ4v) is 2.23. The molecule has 0 aromatic carbocycles. The molecule has 2 saturated carbocycles. The van der Waals surface area contributed by atoms with Gasteiger partial charge < -0.3 is 10.8 Å². The lowest BCUT2D eigenvalue weighted by Gasteiger charge is -2.21. The third-order valence-electron chi connectivity index (χ3n) is 3.17. The standard InChI is InChI=1S/C9H17NO/c10-8-3-1-2-7(8)9(11)6-4-5-6/h6-9,11H,1-5,10H2. The number of nitrogens with two attached hydrogens (primary N) is 1. The van der Waals surface area contributed by atoms with E-state index in [0.717, 1.165) is 12.8 Å². The molecule has 2 heteroatoms. The summed E-state index contributed by atoms with van der Waals surface area (Å²) in [6.07, 6.45) is 5.87. The monoisotopic (exact) mass is 155 g/mol. The van der Waals surface area contributed by atoms with Gasteiger partial charge in [0, 0.05) is 12.0 Å². The van der Waals surface area contributed by atoms with Crippen LogP contribution in [0.3, 0.4) is 0 Å². The van der Waals surface area contributed by atoms with Gasteiger partial charge in [0.15, 0.2) is 0 Å². The van der Waals surface area contributed by atoms with E-state index in [4.69, 9.17) is 5.73 Å². The van der Waals surface area contributed by atoms with E-state index in [1.165, 1.54) is 19.3 Å². The average Bonchev–Trinajstić information content (AvgIpc) is 2.74. The van der Waals surface area contributed by atoms with Crippen molar-refractivity contribution in [3.8, 4) is 0 Å². The van der Waals surface area contributed by atoms with Gasteiger partial charge in [-0.15, -0.1) is 0 Å². The van der Waals surface area contributed by atoms with Gasteiger partial charge in [-0.25, -0.2) is 0 Å². The van der Waals surface area contributed by atoms with Gasteiger partial charge in [0.1, 0.15) is 0 Å². The molecule has 0 heterocycles. The molecule has 3 unspecified atom stereocenters. The SMILES string of the molecule is NC1CCCC1C(O)C1CC1. The minimum Gasteiger partial charge on any atom is -0.392 e. The molecule has 0 spiro atoms. The fourth-order valence-electron chi connectivity index (χ4n) is 2.23. The molecule has 3 atom stereocenters. The van der Waals surface area contributed by atoms with Crippen molar-refractivity contribution in [1.82, 2.24) is 0 Å². The predicted molar refractivity (Wildman–Crippen MR) is 44.0 cm³/mol. The van der Waals surface area contributed by atoms with E-state index in [0.29, 0.717) is 11.8 Å². The summed E-state index contributed by atoms with van der Waals surface area (Å²) in [6.45, 7) is 0. The molecule has 64 valence electrons. The van der Waals surface area contributed by atoms with E-state index in [2.05, 4.69) is 0 Å². The van der Waals surface area contributed by atoms with E-state index >= 15 is 0 Å². The Kier molecular flexibility index (Phi) is 1.90. The second kappa shape index (κ2) is 2.76. The minimum atomic E-state index is -0.0764. The molecular weight excluding hydrogens is 138 g/mol. The molecule has 2 fully saturated rings. The summed E-state index contributed by atoms with van der Waals surface area (Å²) in [7, 11) is 0. The van der Waals surface area contributed by atoms with E-state index in [-0.39, 0.29) is 12.1 Å². The Balaban J connectivity index is 1.91. The quantitative estimate of drug-likeness (QED) is 0.622. The average molecular weight is 155 g/mol. The highest BCUT2D eigenvalue weighted by Gasteiger charge is 2.39. The second-order valence-electron chi connectivity index (χ2n) is 4.09. The van der Waals surface area contributed by atoms with Gasteiger partial charge in [0.25, 0.3) is 0 Å². The van der Waals surface area contributed by atoms with Crippen LogP contribution in [0.25, 0.3) is 0 Å². The van der Waals surface area contributed by atoms with Crippen LogP contribution >= 0.6 is 0 Å². The molecule has 0 aromatic rings. The molecule has 0 saturated heterocycles. The zero-order chi connectivity index (χ0) is 7.84. The molecular formula is C9H17NO. The van der Waals surface area contributed by atoms with Crippen molar-refractivity contribution in [3.63, 3.8) is 0 Å². The molecule has 11 heavy (non-hydrogen) atoms. The third-order valence-corrected chi connectivity index (χ3v) is 3.17. The Morgan fingerprint density at radius 2 is 1.91 bits per heavy atom. The zero-order valence-corrected chi connectivity index (χ0v) is 6.87. The molecule has 0 amide bonds. The van der Waals surface area contributed by atoms with E-state index in [9.17, 15) is 5.11 Å². The Hall–Kier alpha value is -0.0800. The van der Waals surface area contributed by atoms with E-state index in [1.54, 1.807) is 0 Å². The van der Waals surface area contributed by atoms with Gasteiger partial charge >= 0.3 is 0 Å². The Morgan fingerprint density at radius 1 is 1.18 bits per heavy atom. The van der Waals surface area contributed by atoms with Crippen LogP contribution in [0, 0.1) is 11.8 Å². The Bertz CT molecular complexity index is 144. The molecule has 0 aliphatic heterocycles. The van der Waals surface area contributed by atoms with Crippen molar-refractivity contribution in [3.05, 3.63) is 0 Å². The van der Waals surface area contributed by atoms with Crippen molar-refractivity contribution in [2.24, 2.45) is 17.6 Å². The fraction of sp³-hybridized carbons (Fsp3) is 1.00. The van der Waals surface area contributed by atoms with Crippen molar-refractivity contribution >= 4 is 0 Å². The summed E-state index contributed by atoms with van der Waals surface area (Å²) >= 11 is 0. The van der Waals surface area contributed by atoms with Gasteiger partial charge in [0.05, 0.1) is 6.10 Å². The van der Waals surface area contributed by atoms with Gasteiger partial charge in [-0.1, -0.05) is 6.42 Å². The lowest BCUT2D eigenvalue weighted by atomic mass is 9.94. The van der Waals surface area contributed by atoms with E-state index < -0.39 is 0 Å². The van der Waals surface area contributed by atoms with Gasteiger partial charge in [0.2, 0.25) is 0 Å². The number of hydrogen-bond acceptors (Lipinski definition) is 2. The summed E-state index contributed by atoms with van der Waals surface area (Å²) in [5.41, 5.74) is 5.89. The van der Waals surface area contributed by atoms with Crippen LogP contribution < -0.4 is 5.73 Å². The number of hydrogen-bond donors (Lipinski definition) is 2. The molecule has 0 aromatic heterocycles. The summed E-state index contributed by atoms with van der Waals surface area (Å²) in [6, 6.07) is 0.283. The van der Waals surface area contributed by atoms with Crippen LogP contribution in [0.4, 0.5) is 0 Å². The molecule has 2 rings (SSSR count). The van der Waals surface area contributed by atoms with Crippen molar-refractivity contribution < 1.29 is 5.11 Å². The van der Waals surface area contributed by atoms with Crippen LogP contribution in [0.15, 0.2) is 0 Å². The van der Waals surface area contributed by atoms with Crippen LogP contribution in [-0.2, 0) is 0 Å². The summed E-state index contributed by atoms with van der Waals surface area (Å²) in [4.78, 5) is 0. The van der Waals surface area contributed by atoms with Crippen LogP contribution in [0.1, 0.15) is 32.1 Å². The lowest BCUT2D eigenvalue weighted by Crippen LogP contribution is -2.34. The molecule has 0 radical (unpaired) electrons. The zero-order valence-electron chi connectivity index (χ0n) is 6.87. The summed E-state index contributed by atoms with van der Waals surface area (Å²) in [5, 5.41) is 9.78. The van der Waals surface area contributed by atoms with Crippen molar-refractivity contribution in [2.45, 2.75) is 44.2 Å². The Morgan fingerprint density at radius 3 is 2.36 bits per heavy atom. The largest absolute Gasteiger partial charge is 0.392 e. The van der Waals surface area contributed by atoms with Gasteiger partial charge in [-0.2, -0.15) is 0 Å². The van der Waals surface area contributed by atoms with Crippen molar-refractivity contribution in [1.29, 1.82) is 0 Å². The molecule has 2 aliphatic carbocycles. The summed E-state index contributed by atoms with van der Waals surface area (Å²) < 4.78 is 0. The highest BCUT2D eigenvalue weighted by Crippen LogP contribution is 2.40. The van der Waals surface area contributed by atoms with Gasteiger partial charge in [-0.05, 0) is 31.6 Å². The Labute approximate surface area is 67.8 Å². The first-order valence-corrected chi connectivity index (χ1v) is 4.72. The first kappa shape index (κ1) is 7.56. The third kappa shape index (κ3) is 1.42. The maximum atomic E-state index is 9.78. The lowest BCUT2D eigenvalue weighted by molar-refractivity contribution is 0.0820. The summed E-state index contributed by atoms with van der Waals surface area (Å²) in [5.74, 6) is 1.02. The van der Waals surface area contributed by atoms with Gasteiger partial charge in [-0.3, -0.25) is 0 Å². The minimum absolute atomic E-state index is 0.0764. The first-order valence-electron chi connectivity index (χ1n) is 4.72. The second-order valence-corrected chi connectivity index (χ2v) is 4.09. The number of aliphatic hydroxyl groups excluding tert-OH is 1. The highest BCUT2D eigenvalue weighted by molar-refractivity contribution is 4.92. The number of aliphatic hydroxyl groups is 1. The maximum absolute atomic E-state index is 9.78. The first-order chi connectivity index (χ1) is 5.29. The van der Waals surface area contributed by atoms with Crippen LogP contribution in [0.5, 0.6) is 0 Å².